The molecular formula is C15H29ClN2O. The molecule has 0 heterocycles. The summed E-state index contributed by atoms with van der Waals surface area (Å²) in [6.07, 6.45) is 8.95. The maximum atomic E-state index is 12.1. The van der Waals surface area contributed by atoms with Crippen molar-refractivity contribution >= 4 is 18.3 Å². The van der Waals surface area contributed by atoms with Gasteiger partial charge in [0.15, 0.2) is 0 Å². The molecule has 0 radical (unpaired) electrons. The Labute approximate surface area is 123 Å². The van der Waals surface area contributed by atoms with Crippen molar-refractivity contribution in [1.82, 2.24) is 5.32 Å². The fourth-order valence-electron chi connectivity index (χ4n) is 3.31. The van der Waals surface area contributed by atoms with Crippen LogP contribution in [-0.4, -0.2) is 18.0 Å². The summed E-state index contributed by atoms with van der Waals surface area (Å²) in [5, 5.41) is 3.10. The number of carbonyl (C=O) groups is 1. The number of hydrogen-bond donors (Lipinski definition) is 2. The highest BCUT2D eigenvalue weighted by Gasteiger charge is 2.37. The topological polar surface area (TPSA) is 55.1 Å². The molecule has 0 aromatic heterocycles. The molecule has 0 spiro atoms. The molecule has 112 valence electrons. The molecule has 2 aliphatic carbocycles. The van der Waals surface area contributed by atoms with Crippen LogP contribution in [0.1, 0.15) is 65.2 Å². The number of amides is 1. The van der Waals surface area contributed by atoms with E-state index in [1.54, 1.807) is 0 Å². The average Bonchev–Trinajstić information content (AvgIpc) is 2.76. The third kappa shape index (κ3) is 4.35. The zero-order valence-corrected chi connectivity index (χ0v) is 13.2. The van der Waals surface area contributed by atoms with Crippen LogP contribution in [0, 0.1) is 11.3 Å². The Bertz CT molecular complexity index is 301. The maximum Gasteiger partial charge on any atom is 0.240 e. The SMILES string of the molecule is CC1(C)CCC(CNC(=O)C2(N)CCCC2)CC1.Cl. The minimum atomic E-state index is -0.562. The highest BCUT2D eigenvalue weighted by Crippen LogP contribution is 2.37. The van der Waals surface area contributed by atoms with Gasteiger partial charge in [-0.3, -0.25) is 4.79 Å². The summed E-state index contributed by atoms with van der Waals surface area (Å²) in [6.45, 7) is 5.51. The normalized spacial score (nSPS) is 25.6. The molecule has 19 heavy (non-hydrogen) atoms. The Morgan fingerprint density at radius 1 is 1.16 bits per heavy atom. The Hall–Kier alpha value is -0.280. The molecule has 2 saturated carbocycles. The van der Waals surface area contributed by atoms with Gasteiger partial charge in [-0.25, -0.2) is 0 Å². The van der Waals surface area contributed by atoms with Gasteiger partial charge < -0.3 is 11.1 Å². The molecule has 0 aliphatic heterocycles. The Kier molecular flexibility index (Phi) is 5.69. The van der Waals surface area contributed by atoms with E-state index in [0.717, 1.165) is 32.2 Å². The number of rotatable bonds is 3. The predicted molar refractivity (Wildman–Crippen MR) is 81.4 cm³/mol. The molecule has 0 atom stereocenters. The Balaban J connectivity index is 0.00000180. The quantitative estimate of drug-likeness (QED) is 0.839. The third-order valence-corrected chi connectivity index (χ3v) is 4.96. The molecule has 4 heteroatoms. The molecular weight excluding hydrogens is 260 g/mol. The summed E-state index contributed by atoms with van der Waals surface area (Å²) in [5.41, 5.74) is 6.09. The fourth-order valence-corrected chi connectivity index (χ4v) is 3.31. The van der Waals surface area contributed by atoms with Crippen LogP contribution < -0.4 is 11.1 Å². The largest absolute Gasteiger partial charge is 0.354 e. The highest BCUT2D eigenvalue weighted by atomic mass is 35.5. The van der Waals surface area contributed by atoms with Crippen molar-refractivity contribution in [3.05, 3.63) is 0 Å². The Morgan fingerprint density at radius 3 is 2.21 bits per heavy atom. The van der Waals surface area contributed by atoms with Gasteiger partial charge in [0.2, 0.25) is 5.91 Å². The molecule has 3 nitrogen and oxygen atoms in total. The van der Waals surface area contributed by atoms with Crippen molar-refractivity contribution in [2.45, 2.75) is 70.8 Å². The Morgan fingerprint density at radius 2 is 1.68 bits per heavy atom. The van der Waals surface area contributed by atoms with E-state index < -0.39 is 5.54 Å². The molecule has 1 amide bonds. The van der Waals surface area contributed by atoms with Gasteiger partial charge in [-0.2, -0.15) is 0 Å². The van der Waals surface area contributed by atoms with E-state index in [4.69, 9.17) is 5.73 Å². The molecule has 0 unspecified atom stereocenters. The van der Waals surface area contributed by atoms with Crippen LogP contribution in [0.2, 0.25) is 0 Å². The summed E-state index contributed by atoms with van der Waals surface area (Å²) in [6, 6.07) is 0. The molecule has 3 N–H and O–H groups in total. The third-order valence-electron chi connectivity index (χ3n) is 4.96. The van der Waals surface area contributed by atoms with Crippen molar-refractivity contribution in [2.75, 3.05) is 6.54 Å². The second-order valence-corrected chi connectivity index (χ2v) is 7.18. The lowest BCUT2D eigenvalue weighted by Gasteiger charge is -2.34. The van der Waals surface area contributed by atoms with E-state index in [0.29, 0.717) is 11.3 Å². The van der Waals surface area contributed by atoms with Crippen LogP contribution >= 0.6 is 12.4 Å². The van der Waals surface area contributed by atoms with E-state index in [1.807, 2.05) is 0 Å². The first-order valence-corrected chi connectivity index (χ1v) is 7.49. The summed E-state index contributed by atoms with van der Waals surface area (Å²) < 4.78 is 0. The van der Waals surface area contributed by atoms with Crippen LogP contribution in [0.3, 0.4) is 0 Å². The van der Waals surface area contributed by atoms with Gasteiger partial charge in [-0.05, 0) is 49.9 Å². The monoisotopic (exact) mass is 288 g/mol. The molecule has 2 aliphatic rings. The highest BCUT2D eigenvalue weighted by molar-refractivity contribution is 5.86. The zero-order valence-electron chi connectivity index (χ0n) is 12.3. The first-order chi connectivity index (χ1) is 8.41. The van der Waals surface area contributed by atoms with E-state index in [-0.39, 0.29) is 18.3 Å². The molecule has 0 aromatic rings. The molecule has 2 fully saturated rings. The first-order valence-electron chi connectivity index (χ1n) is 7.49. The lowest BCUT2D eigenvalue weighted by Crippen LogP contribution is -2.52. The average molecular weight is 289 g/mol. The number of halogens is 1. The lowest BCUT2D eigenvalue weighted by atomic mass is 9.73. The first kappa shape index (κ1) is 16.8. The number of carbonyl (C=O) groups excluding carboxylic acids is 1. The van der Waals surface area contributed by atoms with Crippen LogP contribution in [-0.2, 0) is 4.79 Å². The van der Waals surface area contributed by atoms with Gasteiger partial charge in [-0.1, -0.05) is 26.7 Å². The van der Waals surface area contributed by atoms with Crippen molar-refractivity contribution in [3.8, 4) is 0 Å². The zero-order chi connectivity index (χ0) is 13.2. The van der Waals surface area contributed by atoms with Gasteiger partial charge >= 0.3 is 0 Å². The second-order valence-electron chi connectivity index (χ2n) is 7.18. The summed E-state index contributed by atoms with van der Waals surface area (Å²) in [7, 11) is 0. The summed E-state index contributed by atoms with van der Waals surface area (Å²) in [4.78, 5) is 12.1. The fraction of sp³-hybridized carbons (Fsp3) is 0.933. The standard InChI is InChI=1S/C15H28N2O.ClH/c1-14(2)9-5-12(6-10-14)11-17-13(18)15(16)7-3-4-8-15;/h12H,3-11,16H2,1-2H3,(H,17,18);1H. The van der Waals surface area contributed by atoms with Gasteiger partial charge in [-0.15, -0.1) is 12.4 Å². The minimum absolute atomic E-state index is 0. The van der Waals surface area contributed by atoms with Crippen LogP contribution in [0.5, 0.6) is 0 Å². The van der Waals surface area contributed by atoms with Crippen LogP contribution in [0.4, 0.5) is 0 Å². The van der Waals surface area contributed by atoms with E-state index >= 15 is 0 Å². The van der Waals surface area contributed by atoms with Gasteiger partial charge in [0.1, 0.15) is 0 Å². The second kappa shape index (κ2) is 6.45. The van der Waals surface area contributed by atoms with Crippen molar-refractivity contribution < 1.29 is 4.79 Å². The molecule has 2 rings (SSSR count). The lowest BCUT2D eigenvalue weighted by molar-refractivity contribution is -0.126. The molecule has 0 aromatic carbocycles. The number of nitrogens with two attached hydrogens (primary N) is 1. The smallest absolute Gasteiger partial charge is 0.240 e. The van der Waals surface area contributed by atoms with Crippen LogP contribution in [0.15, 0.2) is 0 Å². The van der Waals surface area contributed by atoms with Gasteiger partial charge in [0.25, 0.3) is 0 Å². The van der Waals surface area contributed by atoms with E-state index in [2.05, 4.69) is 19.2 Å². The summed E-state index contributed by atoms with van der Waals surface area (Å²) in [5.74, 6) is 0.747. The van der Waals surface area contributed by atoms with Crippen molar-refractivity contribution in [1.29, 1.82) is 0 Å². The number of hydrogen-bond acceptors (Lipinski definition) is 2. The van der Waals surface area contributed by atoms with E-state index in [1.165, 1.54) is 25.7 Å². The molecule has 0 saturated heterocycles. The van der Waals surface area contributed by atoms with Gasteiger partial charge in [0, 0.05) is 6.54 Å². The van der Waals surface area contributed by atoms with Crippen molar-refractivity contribution in [2.24, 2.45) is 17.1 Å². The predicted octanol–water partition coefficient (Wildman–Crippen LogP) is 3.01. The maximum absolute atomic E-state index is 12.1. The summed E-state index contributed by atoms with van der Waals surface area (Å²) >= 11 is 0. The van der Waals surface area contributed by atoms with Crippen LogP contribution in [0.25, 0.3) is 0 Å². The molecule has 0 bridgehead atoms. The number of nitrogens with one attached hydrogen (secondary N) is 1. The van der Waals surface area contributed by atoms with Gasteiger partial charge in [0.05, 0.1) is 5.54 Å². The van der Waals surface area contributed by atoms with E-state index in [9.17, 15) is 4.79 Å². The minimum Gasteiger partial charge on any atom is -0.354 e. The van der Waals surface area contributed by atoms with Crippen molar-refractivity contribution in [3.63, 3.8) is 0 Å².